The maximum Gasteiger partial charge on any atom is 0.273 e. The van der Waals surface area contributed by atoms with Gasteiger partial charge in [-0.2, -0.15) is 0 Å². The van der Waals surface area contributed by atoms with Gasteiger partial charge in [-0.05, 0) is 13.0 Å². The van der Waals surface area contributed by atoms with Crippen molar-refractivity contribution < 1.29 is 4.79 Å². The number of carbonyl (C=O) groups excluding carboxylic acids is 1. The SMILES string of the molecule is CC(C)c1nc(C(=O)N(C)C2CCNC2)cs1.Cl.Cl. The van der Waals surface area contributed by atoms with Crippen molar-refractivity contribution >= 4 is 42.1 Å². The molecule has 1 fully saturated rings. The fourth-order valence-electron chi connectivity index (χ4n) is 1.97. The summed E-state index contributed by atoms with van der Waals surface area (Å²) in [7, 11) is 1.87. The summed E-state index contributed by atoms with van der Waals surface area (Å²) in [5.41, 5.74) is 0.591. The molecule has 1 aliphatic rings. The topological polar surface area (TPSA) is 45.2 Å². The predicted molar refractivity (Wildman–Crippen MR) is 84.1 cm³/mol. The Hall–Kier alpha value is -0.360. The summed E-state index contributed by atoms with van der Waals surface area (Å²) >= 11 is 1.57. The molecule has 2 heterocycles. The third kappa shape index (κ3) is 4.31. The molecular formula is C12H21Cl2N3OS. The quantitative estimate of drug-likeness (QED) is 0.928. The van der Waals surface area contributed by atoms with Gasteiger partial charge in [-0.1, -0.05) is 13.8 Å². The Morgan fingerprint density at radius 1 is 1.53 bits per heavy atom. The molecule has 0 radical (unpaired) electrons. The van der Waals surface area contributed by atoms with Gasteiger partial charge in [0.15, 0.2) is 0 Å². The van der Waals surface area contributed by atoms with E-state index in [0.29, 0.717) is 17.7 Å². The lowest BCUT2D eigenvalue weighted by Gasteiger charge is -2.22. The van der Waals surface area contributed by atoms with Gasteiger partial charge in [0, 0.05) is 30.9 Å². The van der Waals surface area contributed by atoms with Crippen LogP contribution in [0.15, 0.2) is 5.38 Å². The molecule has 2 rings (SSSR count). The number of carbonyl (C=O) groups is 1. The Balaban J connectivity index is 0.00000162. The van der Waals surface area contributed by atoms with Crippen molar-refractivity contribution in [1.82, 2.24) is 15.2 Å². The maximum atomic E-state index is 12.2. The molecule has 1 saturated heterocycles. The van der Waals surface area contributed by atoms with Gasteiger partial charge in [-0.3, -0.25) is 4.79 Å². The lowest BCUT2D eigenvalue weighted by atomic mass is 10.2. The smallest absolute Gasteiger partial charge is 0.273 e. The van der Waals surface area contributed by atoms with Crippen LogP contribution in [0.2, 0.25) is 0 Å². The summed E-state index contributed by atoms with van der Waals surface area (Å²) in [6.45, 7) is 6.08. The van der Waals surface area contributed by atoms with E-state index in [4.69, 9.17) is 0 Å². The third-order valence-corrected chi connectivity index (χ3v) is 4.28. The molecule has 1 aromatic heterocycles. The number of hydrogen-bond acceptors (Lipinski definition) is 4. The van der Waals surface area contributed by atoms with E-state index in [2.05, 4.69) is 24.1 Å². The van der Waals surface area contributed by atoms with Gasteiger partial charge in [-0.15, -0.1) is 36.2 Å². The first-order valence-electron chi connectivity index (χ1n) is 6.03. The fraction of sp³-hybridized carbons (Fsp3) is 0.667. The van der Waals surface area contributed by atoms with E-state index in [1.165, 1.54) is 0 Å². The molecule has 1 aromatic rings. The van der Waals surface area contributed by atoms with E-state index in [1.54, 1.807) is 11.3 Å². The molecule has 0 aromatic carbocycles. The summed E-state index contributed by atoms with van der Waals surface area (Å²) < 4.78 is 0. The van der Waals surface area contributed by atoms with Crippen LogP contribution in [-0.2, 0) is 0 Å². The minimum Gasteiger partial charge on any atom is -0.336 e. The Bertz CT molecular complexity index is 405. The van der Waals surface area contributed by atoms with Crippen LogP contribution < -0.4 is 5.32 Å². The Morgan fingerprint density at radius 2 is 2.21 bits per heavy atom. The Kier molecular flexibility index (Phi) is 7.89. The number of rotatable bonds is 3. The van der Waals surface area contributed by atoms with Crippen molar-refractivity contribution in [1.29, 1.82) is 0 Å². The average molecular weight is 326 g/mol. The first kappa shape index (κ1) is 18.6. The van der Waals surface area contributed by atoms with Crippen molar-refractivity contribution in [3.63, 3.8) is 0 Å². The van der Waals surface area contributed by atoms with E-state index < -0.39 is 0 Å². The van der Waals surface area contributed by atoms with Crippen LogP contribution in [-0.4, -0.2) is 42.0 Å². The van der Waals surface area contributed by atoms with E-state index in [9.17, 15) is 4.79 Å². The van der Waals surface area contributed by atoms with Gasteiger partial charge in [0.2, 0.25) is 0 Å². The van der Waals surface area contributed by atoms with Crippen LogP contribution in [0.5, 0.6) is 0 Å². The molecule has 1 N–H and O–H groups in total. The number of amides is 1. The maximum absolute atomic E-state index is 12.2. The molecule has 1 amide bonds. The molecule has 0 bridgehead atoms. The predicted octanol–water partition coefficient (Wildman–Crippen LogP) is 2.54. The van der Waals surface area contributed by atoms with Crippen molar-refractivity contribution in [2.75, 3.05) is 20.1 Å². The van der Waals surface area contributed by atoms with Crippen molar-refractivity contribution in [2.45, 2.75) is 32.2 Å². The summed E-state index contributed by atoms with van der Waals surface area (Å²) in [4.78, 5) is 18.4. The van der Waals surface area contributed by atoms with Crippen molar-refractivity contribution in [2.24, 2.45) is 0 Å². The normalized spacial score (nSPS) is 17.8. The molecule has 1 aliphatic heterocycles. The number of likely N-dealkylation sites (N-methyl/N-ethyl adjacent to an activating group) is 1. The second-order valence-electron chi connectivity index (χ2n) is 4.79. The lowest BCUT2D eigenvalue weighted by molar-refractivity contribution is 0.0738. The van der Waals surface area contributed by atoms with Crippen molar-refractivity contribution in [3.05, 3.63) is 16.1 Å². The van der Waals surface area contributed by atoms with Crippen LogP contribution >= 0.6 is 36.2 Å². The zero-order chi connectivity index (χ0) is 12.4. The van der Waals surface area contributed by atoms with E-state index in [0.717, 1.165) is 24.5 Å². The summed E-state index contributed by atoms with van der Waals surface area (Å²) in [5, 5.41) is 6.18. The molecule has 0 saturated carbocycles. The largest absolute Gasteiger partial charge is 0.336 e. The summed E-state index contributed by atoms with van der Waals surface area (Å²) in [6, 6.07) is 0.312. The number of thiazole rings is 1. The lowest BCUT2D eigenvalue weighted by Crippen LogP contribution is -2.38. The Morgan fingerprint density at radius 3 is 2.68 bits per heavy atom. The fourth-order valence-corrected chi connectivity index (χ4v) is 2.78. The molecule has 0 aliphatic carbocycles. The minimum absolute atomic E-state index is 0. The van der Waals surface area contributed by atoms with Crippen LogP contribution in [0, 0.1) is 0 Å². The van der Waals surface area contributed by atoms with Gasteiger partial charge in [0.05, 0.1) is 5.01 Å². The van der Waals surface area contributed by atoms with Crippen LogP contribution in [0.1, 0.15) is 41.7 Å². The van der Waals surface area contributed by atoms with Gasteiger partial charge in [0.25, 0.3) is 5.91 Å². The molecule has 0 spiro atoms. The third-order valence-electron chi connectivity index (χ3n) is 3.14. The van der Waals surface area contributed by atoms with Crippen LogP contribution in [0.4, 0.5) is 0 Å². The van der Waals surface area contributed by atoms with Gasteiger partial charge in [-0.25, -0.2) is 4.98 Å². The van der Waals surface area contributed by atoms with Gasteiger partial charge >= 0.3 is 0 Å². The minimum atomic E-state index is 0. The molecule has 4 nitrogen and oxygen atoms in total. The Labute approximate surface area is 130 Å². The highest BCUT2D eigenvalue weighted by atomic mass is 35.5. The molecule has 7 heteroatoms. The monoisotopic (exact) mass is 325 g/mol. The van der Waals surface area contributed by atoms with Gasteiger partial charge in [0.1, 0.15) is 5.69 Å². The molecule has 1 unspecified atom stereocenters. The summed E-state index contributed by atoms with van der Waals surface area (Å²) in [5.74, 6) is 0.432. The van der Waals surface area contributed by atoms with Crippen LogP contribution in [0.25, 0.3) is 0 Å². The highest BCUT2D eigenvalue weighted by Crippen LogP contribution is 2.20. The van der Waals surface area contributed by atoms with E-state index in [1.807, 2.05) is 17.3 Å². The molecule has 110 valence electrons. The highest BCUT2D eigenvalue weighted by Gasteiger charge is 2.25. The van der Waals surface area contributed by atoms with E-state index >= 15 is 0 Å². The first-order chi connectivity index (χ1) is 8.09. The molecule has 1 atom stereocenters. The zero-order valence-corrected chi connectivity index (χ0v) is 13.8. The second-order valence-corrected chi connectivity index (χ2v) is 5.68. The molecular weight excluding hydrogens is 305 g/mol. The standard InChI is InChI=1S/C12H19N3OS.2ClH/c1-8(2)11-14-10(7-17-11)12(16)15(3)9-4-5-13-6-9;;/h7-9,13H,4-6H2,1-3H3;2*1H. The summed E-state index contributed by atoms with van der Waals surface area (Å²) in [6.07, 6.45) is 1.03. The number of nitrogens with zero attached hydrogens (tertiary/aromatic N) is 2. The van der Waals surface area contributed by atoms with Gasteiger partial charge < -0.3 is 10.2 Å². The average Bonchev–Trinajstić information content (AvgIpc) is 2.97. The highest BCUT2D eigenvalue weighted by molar-refractivity contribution is 7.09. The molecule has 19 heavy (non-hydrogen) atoms. The second kappa shape index (κ2) is 8.04. The number of aromatic nitrogens is 1. The number of nitrogens with one attached hydrogen (secondary N) is 1. The first-order valence-corrected chi connectivity index (χ1v) is 6.91. The van der Waals surface area contributed by atoms with E-state index in [-0.39, 0.29) is 30.7 Å². The number of hydrogen-bond donors (Lipinski definition) is 1. The van der Waals surface area contributed by atoms with Crippen molar-refractivity contribution in [3.8, 4) is 0 Å². The zero-order valence-electron chi connectivity index (χ0n) is 11.4. The van der Waals surface area contributed by atoms with Crippen LogP contribution in [0.3, 0.4) is 0 Å². The number of halogens is 2.